The van der Waals surface area contributed by atoms with Crippen molar-refractivity contribution >= 4 is 32.1 Å². The zero-order valence-electron chi connectivity index (χ0n) is 5.27. The summed E-state index contributed by atoms with van der Waals surface area (Å²) in [5.41, 5.74) is 0. The Kier molecular flexibility index (Phi) is 3.78. The highest BCUT2D eigenvalue weighted by Crippen LogP contribution is 2.11. The van der Waals surface area contributed by atoms with Crippen LogP contribution in [0.4, 0.5) is 0 Å². The number of pyridine rings is 1. The molecular formula is C5H5Cl2NO2S. The van der Waals surface area contributed by atoms with Crippen molar-refractivity contribution in [1.82, 2.24) is 4.98 Å². The maximum Gasteiger partial charge on any atom is 0.262 e. The number of halogens is 2. The Labute approximate surface area is 75.2 Å². The van der Waals surface area contributed by atoms with E-state index < -0.39 is 9.05 Å². The highest BCUT2D eigenvalue weighted by Gasteiger charge is 2.07. The minimum Gasteiger partial charge on any atom is -0.263 e. The van der Waals surface area contributed by atoms with E-state index in [0.717, 1.165) is 0 Å². The van der Waals surface area contributed by atoms with E-state index >= 15 is 0 Å². The smallest absolute Gasteiger partial charge is 0.262 e. The number of hydrogen-bond acceptors (Lipinski definition) is 3. The van der Waals surface area contributed by atoms with Crippen LogP contribution in [-0.4, -0.2) is 13.4 Å². The fourth-order valence-electron chi connectivity index (χ4n) is 0.491. The molecule has 1 aromatic heterocycles. The lowest BCUT2D eigenvalue weighted by Crippen LogP contribution is -1.89. The zero-order chi connectivity index (χ0) is 7.61. The molecule has 0 aliphatic rings. The molecule has 0 N–H and O–H groups in total. The fraction of sp³-hybridized carbons (Fsp3) is 0. The standard InChI is InChI=1S/C5H4ClNO2S.ClH/c6-10(8,9)5-2-1-3-7-4-5;/h1-4H;1H. The molecule has 6 heteroatoms. The third kappa shape index (κ3) is 3.05. The number of aromatic nitrogens is 1. The average Bonchev–Trinajstić information content (AvgIpc) is 1.88. The molecule has 0 fully saturated rings. The molecular weight excluding hydrogens is 209 g/mol. The molecule has 1 heterocycles. The molecule has 0 saturated carbocycles. The summed E-state index contributed by atoms with van der Waals surface area (Å²) < 4.78 is 21.1. The van der Waals surface area contributed by atoms with Gasteiger partial charge in [-0.05, 0) is 12.1 Å². The van der Waals surface area contributed by atoms with Gasteiger partial charge in [-0.15, -0.1) is 12.4 Å². The van der Waals surface area contributed by atoms with E-state index in [4.69, 9.17) is 10.7 Å². The molecule has 0 saturated heterocycles. The van der Waals surface area contributed by atoms with Crippen molar-refractivity contribution in [3.63, 3.8) is 0 Å². The van der Waals surface area contributed by atoms with Crippen LogP contribution in [0.1, 0.15) is 0 Å². The van der Waals surface area contributed by atoms with Crippen molar-refractivity contribution < 1.29 is 8.42 Å². The van der Waals surface area contributed by atoms with E-state index in [2.05, 4.69) is 4.98 Å². The molecule has 62 valence electrons. The Bertz CT molecular complexity index is 311. The van der Waals surface area contributed by atoms with E-state index in [1.54, 1.807) is 0 Å². The highest BCUT2D eigenvalue weighted by molar-refractivity contribution is 8.13. The topological polar surface area (TPSA) is 47.0 Å². The number of nitrogens with zero attached hydrogens (tertiary/aromatic N) is 1. The third-order valence-electron chi connectivity index (χ3n) is 0.916. The van der Waals surface area contributed by atoms with E-state index in [9.17, 15) is 8.42 Å². The van der Waals surface area contributed by atoms with Crippen LogP contribution < -0.4 is 0 Å². The van der Waals surface area contributed by atoms with Gasteiger partial charge in [0.25, 0.3) is 9.05 Å². The van der Waals surface area contributed by atoms with Crippen molar-refractivity contribution in [1.29, 1.82) is 0 Å². The van der Waals surface area contributed by atoms with E-state index in [-0.39, 0.29) is 17.3 Å². The van der Waals surface area contributed by atoms with Gasteiger partial charge < -0.3 is 0 Å². The molecule has 0 aromatic carbocycles. The lowest BCUT2D eigenvalue weighted by atomic mass is 10.5. The highest BCUT2D eigenvalue weighted by atomic mass is 35.7. The van der Waals surface area contributed by atoms with E-state index in [0.29, 0.717) is 0 Å². The van der Waals surface area contributed by atoms with Gasteiger partial charge in [0, 0.05) is 23.1 Å². The first-order valence-electron chi connectivity index (χ1n) is 2.45. The number of hydrogen-bond donors (Lipinski definition) is 0. The van der Waals surface area contributed by atoms with Crippen molar-refractivity contribution in [3.8, 4) is 0 Å². The first kappa shape index (κ1) is 10.7. The lowest BCUT2D eigenvalue weighted by molar-refractivity contribution is 0.609. The normalized spacial score (nSPS) is 10.3. The molecule has 1 aromatic rings. The van der Waals surface area contributed by atoms with Crippen LogP contribution in [0.5, 0.6) is 0 Å². The van der Waals surface area contributed by atoms with Crippen LogP contribution >= 0.6 is 23.1 Å². The van der Waals surface area contributed by atoms with Crippen molar-refractivity contribution in [2.75, 3.05) is 0 Å². The molecule has 0 aliphatic heterocycles. The van der Waals surface area contributed by atoms with Crippen LogP contribution in [0.3, 0.4) is 0 Å². The summed E-state index contributed by atoms with van der Waals surface area (Å²) in [6, 6.07) is 2.89. The fourth-order valence-corrected chi connectivity index (χ4v) is 1.19. The summed E-state index contributed by atoms with van der Waals surface area (Å²) >= 11 is 0. The quantitative estimate of drug-likeness (QED) is 0.664. The largest absolute Gasteiger partial charge is 0.263 e. The predicted molar refractivity (Wildman–Crippen MR) is 44.5 cm³/mol. The Hall–Kier alpha value is -0.320. The molecule has 0 amide bonds. The van der Waals surface area contributed by atoms with Gasteiger partial charge in [0.15, 0.2) is 0 Å². The predicted octanol–water partition coefficient (Wildman–Crippen LogP) is 1.43. The molecule has 0 spiro atoms. The van der Waals surface area contributed by atoms with Crippen LogP contribution in [-0.2, 0) is 9.05 Å². The number of rotatable bonds is 1. The minimum atomic E-state index is -3.59. The van der Waals surface area contributed by atoms with Gasteiger partial charge in [-0.2, -0.15) is 0 Å². The first-order valence-corrected chi connectivity index (χ1v) is 4.76. The second kappa shape index (κ2) is 3.90. The Morgan fingerprint density at radius 2 is 2.09 bits per heavy atom. The molecule has 0 radical (unpaired) electrons. The van der Waals surface area contributed by atoms with Gasteiger partial charge in [-0.3, -0.25) is 4.98 Å². The van der Waals surface area contributed by atoms with Gasteiger partial charge in [0.2, 0.25) is 0 Å². The summed E-state index contributed by atoms with van der Waals surface area (Å²) in [6.45, 7) is 0. The van der Waals surface area contributed by atoms with Crippen LogP contribution in [0.25, 0.3) is 0 Å². The Morgan fingerprint density at radius 1 is 1.45 bits per heavy atom. The minimum absolute atomic E-state index is 0. The lowest BCUT2D eigenvalue weighted by Gasteiger charge is -1.90. The molecule has 0 unspecified atom stereocenters. The van der Waals surface area contributed by atoms with Gasteiger partial charge >= 0.3 is 0 Å². The maximum atomic E-state index is 10.6. The zero-order valence-corrected chi connectivity index (χ0v) is 7.66. The molecule has 0 atom stereocenters. The van der Waals surface area contributed by atoms with Gasteiger partial charge in [-0.1, -0.05) is 0 Å². The summed E-state index contributed by atoms with van der Waals surface area (Å²) in [5.74, 6) is 0. The maximum absolute atomic E-state index is 10.6. The summed E-state index contributed by atoms with van der Waals surface area (Å²) in [6.07, 6.45) is 2.67. The Balaban J connectivity index is 0.000001000. The SMILES string of the molecule is Cl.O=S(=O)(Cl)c1cccnc1. The monoisotopic (exact) mass is 213 g/mol. The van der Waals surface area contributed by atoms with E-state index in [1.165, 1.54) is 24.5 Å². The van der Waals surface area contributed by atoms with Crippen LogP contribution in [0.15, 0.2) is 29.4 Å². The molecule has 0 bridgehead atoms. The van der Waals surface area contributed by atoms with Crippen molar-refractivity contribution in [2.24, 2.45) is 0 Å². The van der Waals surface area contributed by atoms with Crippen LogP contribution in [0, 0.1) is 0 Å². The van der Waals surface area contributed by atoms with Gasteiger partial charge in [0.1, 0.15) is 4.90 Å². The summed E-state index contributed by atoms with van der Waals surface area (Å²) in [5, 5.41) is 0. The molecule has 1 rings (SSSR count). The molecule has 11 heavy (non-hydrogen) atoms. The van der Waals surface area contributed by atoms with E-state index in [1.807, 2.05) is 0 Å². The Morgan fingerprint density at radius 3 is 2.36 bits per heavy atom. The van der Waals surface area contributed by atoms with Crippen molar-refractivity contribution in [3.05, 3.63) is 24.5 Å². The molecule has 3 nitrogen and oxygen atoms in total. The van der Waals surface area contributed by atoms with Gasteiger partial charge in [0.05, 0.1) is 0 Å². The third-order valence-corrected chi connectivity index (χ3v) is 2.26. The summed E-state index contributed by atoms with van der Waals surface area (Å²) in [7, 11) is 1.40. The first-order chi connectivity index (χ1) is 4.61. The second-order valence-corrected chi connectivity index (χ2v) is 4.19. The second-order valence-electron chi connectivity index (χ2n) is 1.63. The van der Waals surface area contributed by atoms with Gasteiger partial charge in [-0.25, -0.2) is 8.42 Å². The molecule has 0 aliphatic carbocycles. The average molecular weight is 214 g/mol. The summed E-state index contributed by atoms with van der Waals surface area (Å²) in [4.78, 5) is 3.61. The van der Waals surface area contributed by atoms with Crippen molar-refractivity contribution in [2.45, 2.75) is 4.90 Å². The van der Waals surface area contributed by atoms with Crippen LogP contribution in [0.2, 0.25) is 0 Å².